The number of carbonyl (C=O) groups excluding carboxylic acids is 2. The second kappa shape index (κ2) is 7.45. The zero-order valence-electron chi connectivity index (χ0n) is 14.2. The fraction of sp³-hybridized carbons (Fsp3) is 0.500. The van der Waals surface area contributed by atoms with Crippen LogP contribution in [0.1, 0.15) is 45.1 Å². The normalized spacial score (nSPS) is 23.2. The standard InChI is InChI=1S/C18H22N2O4/c1-12-6-8-18(23-3,9-7-12)17(22)20-16-5-4-15(24-13(2)21)10-14(16)11-19/h4-5,10,12H,6-9H2,1-3H3,(H,20,22). The number of hydrogen-bond acceptors (Lipinski definition) is 5. The van der Waals surface area contributed by atoms with Crippen LogP contribution >= 0.6 is 0 Å². The van der Waals surface area contributed by atoms with Gasteiger partial charge in [-0.25, -0.2) is 0 Å². The van der Waals surface area contributed by atoms with Gasteiger partial charge in [-0.05, 0) is 43.7 Å². The van der Waals surface area contributed by atoms with Crippen LogP contribution in [0, 0.1) is 17.2 Å². The van der Waals surface area contributed by atoms with Crippen LogP contribution < -0.4 is 10.1 Å². The van der Waals surface area contributed by atoms with Gasteiger partial charge in [0, 0.05) is 20.1 Å². The van der Waals surface area contributed by atoms with E-state index in [1.165, 1.54) is 13.0 Å². The Kier molecular flexibility index (Phi) is 5.58. The van der Waals surface area contributed by atoms with Crippen LogP contribution in [0.5, 0.6) is 5.75 Å². The summed E-state index contributed by atoms with van der Waals surface area (Å²) in [6.45, 7) is 3.45. The van der Waals surface area contributed by atoms with Gasteiger partial charge in [0.25, 0.3) is 5.91 Å². The summed E-state index contributed by atoms with van der Waals surface area (Å²) in [4.78, 5) is 23.7. The van der Waals surface area contributed by atoms with Crippen LogP contribution in [-0.2, 0) is 14.3 Å². The monoisotopic (exact) mass is 330 g/mol. The Morgan fingerprint density at radius 3 is 2.54 bits per heavy atom. The molecule has 1 aromatic rings. The number of rotatable bonds is 4. The number of nitriles is 1. The summed E-state index contributed by atoms with van der Waals surface area (Å²) in [5.41, 5.74) is -0.237. The highest BCUT2D eigenvalue weighted by molar-refractivity contribution is 5.98. The third-order valence-electron chi connectivity index (χ3n) is 4.51. The molecule has 24 heavy (non-hydrogen) atoms. The van der Waals surface area contributed by atoms with Crippen molar-refractivity contribution < 1.29 is 19.1 Å². The number of hydrogen-bond donors (Lipinski definition) is 1. The minimum atomic E-state index is -0.853. The number of nitrogens with one attached hydrogen (secondary N) is 1. The molecule has 0 radical (unpaired) electrons. The highest BCUT2D eigenvalue weighted by Crippen LogP contribution is 2.35. The van der Waals surface area contributed by atoms with Crippen LogP contribution in [0.25, 0.3) is 0 Å². The molecule has 6 heteroatoms. The number of amides is 1. The molecule has 0 unspecified atom stereocenters. The van der Waals surface area contributed by atoms with Crippen molar-refractivity contribution in [2.45, 2.75) is 45.1 Å². The predicted octanol–water partition coefficient (Wildman–Crippen LogP) is 3.02. The van der Waals surface area contributed by atoms with Crippen molar-refractivity contribution in [3.05, 3.63) is 23.8 Å². The van der Waals surface area contributed by atoms with E-state index < -0.39 is 11.6 Å². The van der Waals surface area contributed by atoms with Crippen LogP contribution in [0.4, 0.5) is 5.69 Å². The van der Waals surface area contributed by atoms with E-state index in [-0.39, 0.29) is 17.2 Å². The smallest absolute Gasteiger partial charge is 0.308 e. The molecule has 0 bridgehead atoms. The molecule has 1 amide bonds. The predicted molar refractivity (Wildman–Crippen MR) is 88.5 cm³/mol. The Balaban J connectivity index is 2.19. The molecule has 2 rings (SSSR count). The number of carbonyl (C=O) groups is 2. The van der Waals surface area contributed by atoms with Crippen molar-refractivity contribution in [2.24, 2.45) is 5.92 Å². The third kappa shape index (κ3) is 3.92. The maximum absolute atomic E-state index is 12.7. The van der Waals surface area contributed by atoms with Gasteiger partial charge in [0.1, 0.15) is 17.4 Å². The van der Waals surface area contributed by atoms with Crippen LogP contribution in [0.15, 0.2) is 18.2 Å². The van der Waals surface area contributed by atoms with E-state index in [1.54, 1.807) is 19.2 Å². The van der Waals surface area contributed by atoms with Crippen molar-refractivity contribution in [3.8, 4) is 11.8 Å². The van der Waals surface area contributed by atoms with E-state index in [1.807, 2.05) is 6.07 Å². The summed E-state index contributed by atoms with van der Waals surface area (Å²) in [7, 11) is 1.55. The number of methoxy groups -OCH3 is 1. The molecule has 1 saturated carbocycles. The van der Waals surface area contributed by atoms with Gasteiger partial charge < -0.3 is 14.8 Å². The lowest BCUT2D eigenvalue weighted by Crippen LogP contribution is -2.47. The second-order valence-electron chi connectivity index (χ2n) is 6.25. The van der Waals surface area contributed by atoms with Gasteiger partial charge in [0.05, 0.1) is 11.3 Å². The van der Waals surface area contributed by atoms with E-state index in [0.717, 1.165) is 12.8 Å². The molecule has 0 atom stereocenters. The lowest BCUT2D eigenvalue weighted by Gasteiger charge is -2.36. The zero-order valence-corrected chi connectivity index (χ0v) is 14.2. The lowest BCUT2D eigenvalue weighted by atomic mass is 9.79. The highest BCUT2D eigenvalue weighted by Gasteiger charge is 2.41. The third-order valence-corrected chi connectivity index (χ3v) is 4.51. The van der Waals surface area contributed by atoms with Gasteiger partial charge >= 0.3 is 5.97 Å². The summed E-state index contributed by atoms with van der Waals surface area (Å²) in [5, 5.41) is 12.1. The molecule has 1 aliphatic rings. The van der Waals surface area contributed by atoms with Crippen LogP contribution in [0.3, 0.4) is 0 Å². The molecule has 0 spiro atoms. The molecule has 0 saturated heterocycles. The van der Waals surface area contributed by atoms with E-state index in [2.05, 4.69) is 12.2 Å². The van der Waals surface area contributed by atoms with Gasteiger partial charge in [0.2, 0.25) is 0 Å². The first-order valence-electron chi connectivity index (χ1n) is 7.99. The topological polar surface area (TPSA) is 88.4 Å². The summed E-state index contributed by atoms with van der Waals surface area (Å²) < 4.78 is 10.5. The van der Waals surface area contributed by atoms with E-state index in [0.29, 0.717) is 24.4 Å². The fourth-order valence-electron chi connectivity index (χ4n) is 2.94. The Morgan fingerprint density at radius 1 is 1.33 bits per heavy atom. The fourth-order valence-corrected chi connectivity index (χ4v) is 2.94. The van der Waals surface area contributed by atoms with Gasteiger partial charge in [0.15, 0.2) is 0 Å². The average molecular weight is 330 g/mol. The molecule has 6 nitrogen and oxygen atoms in total. The number of esters is 1. The van der Waals surface area contributed by atoms with E-state index in [9.17, 15) is 14.9 Å². The number of ether oxygens (including phenoxy) is 2. The molecule has 1 aliphatic carbocycles. The molecule has 0 aromatic heterocycles. The van der Waals surface area contributed by atoms with Crippen molar-refractivity contribution in [2.75, 3.05) is 12.4 Å². The Labute approximate surface area is 141 Å². The van der Waals surface area contributed by atoms with Crippen LogP contribution in [0.2, 0.25) is 0 Å². The first kappa shape index (κ1) is 18.0. The first-order chi connectivity index (χ1) is 11.4. The van der Waals surface area contributed by atoms with Gasteiger partial charge in [-0.1, -0.05) is 6.92 Å². The molecule has 128 valence electrons. The largest absolute Gasteiger partial charge is 0.427 e. The maximum atomic E-state index is 12.7. The quantitative estimate of drug-likeness (QED) is 0.677. The number of nitrogens with zero attached hydrogens (tertiary/aromatic N) is 1. The van der Waals surface area contributed by atoms with Crippen molar-refractivity contribution in [1.82, 2.24) is 0 Å². The SMILES string of the molecule is COC1(C(=O)Nc2ccc(OC(C)=O)cc2C#N)CCC(C)CC1. The van der Waals surface area contributed by atoms with Gasteiger partial charge in [-0.3, -0.25) is 9.59 Å². The van der Waals surface area contributed by atoms with Crippen molar-refractivity contribution in [1.29, 1.82) is 5.26 Å². The molecular formula is C18H22N2O4. The Hall–Kier alpha value is -2.39. The second-order valence-corrected chi connectivity index (χ2v) is 6.25. The van der Waals surface area contributed by atoms with Gasteiger partial charge in [-0.15, -0.1) is 0 Å². The lowest BCUT2D eigenvalue weighted by molar-refractivity contribution is -0.142. The minimum Gasteiger partial charge on any atom is -0.427 e. The highest BCUT2D eigenvalue weighted by atomic mass is 16.5. The Morgan fingerprint density at radius 2 is 2.00 bits per heavy atom. The zero-order chi connectivity index (χ0) is 17.7. The Bertz CT molecular complexity index is 670. The summed E-state index contributed by atoms with van der Waals surface area (Å²) in [6, 6.07) is 6.54. The summed E-state index contributed by atoms with van der Waals surface area (Å²) in [5.74, 6) is 0.141. The number of anilines is 1. The molecule has 1 N–H and O–H groups in total. The minimum absolute atomic E-state index is 0.234. The van der Waals surface area contributed by atoms with Crippen molar-refractivity contribution in [3.63, 3.8) is 0 Å². The molecule has 0 heterocycles. The molecular weight excluding hydrogens is 308 g/mol. The van der Waals surface area contributed by atoms with Crippen molar-refractivity contribution >= 4 is 17.6 Å². The van der Waals surface area contributed by atoms with E-state index in [4.69, 9.17) is 9.47 Å². The molecule has 1 aromatic carbocycles. The van der Waals surface area contributed by atoms with Gasteiger partial charge in [-0.2, -0.15) is 5.26 Å². The molecule has 1 fully saturated rings. The summed E-state index contributed by atoms with van der Waals surface area (Å²) in [6.07, 6.45) is 3.17. The average Bonchev–Trinajstić information content (AvgIpc) is 2.56. The summed E-state index contributed by atoms with van der Waals surface area (Å²) >= 11 is 0. The maximum Gasteiger partial charge on any atom is 0.308 e. The first-order valence-corrected chi connectivity index (χ1v) is 7.99. The van der Waals surface area contributed by atoms with Crippen LogP contribution in [-0.4, -0.2) is 24.6 Å². The number of benzene rings is 1. The van der Waals surface area contributed by atoms with E-state index >= 15 is 0 Å². The molecule has 0 aliphatic heterocycles.